The molecule has 0 aliphatic carbocycles. The quantitative estimate of drug-likeness (QED) is 0.797. The highest BCUT2D eigenvalue weighted by Gasteiger charge is 2.32. The van der Waals surface area contributed by atoms with Gasteiger partial charge in [0.15, 0.2) is 0 Å². The molecule has 1 saturated heterocycles. The normalized spacial score (nSPS) is 18.3. The molecule has 3 rings (SSSR count). The summed E-state index contributed by atoms with van der Waals surface area (Å²) in [6.07, 6.45) is -0.478. The molecule has 1 aliphatic heterocycles. The van der Waals surface area contributed by atoms with Crippen LogP contribution in [-0.2, 0) is 14.3 Å². The van der Waals surface area contributed by atoms with E-state index in [1.807, 2.05) is 0 Å². The summed E-state index contributed by atoms with van der Waals surface area (Å²) in [5, 5.41) is 1.30. The van der Waals surface area contributed by atoms with Gasteiger partial charge in [0.05, 0.1) is 6.61 Å². The molecule has 0 N–H and O–H groups in total. The number of fused-ring (bicyclic) bond motifs is 1. The molecule has 0 radical (unpaired) electrons. The Kier molecular flexibility index (Phi) is 3.14. The van der Waals surface area contributed by atoms with Crippen molar-refractivity contribution in [2.45, 2.75) is 19.4 Å². The van der Waals surface area contributed by atoms with Crippen LogP contribution in [0.1, 0.15) is 22.5 Å². The largest absolute Gasteiger partial charge is 0.463 e. The van der Waals surface area contributed by atoms with E-state index in [2.05, 4.69) is 0 Å². The molecule has 1 atom stereocenters. The van der Waals surface area contributed by atoms with Crippen LogP contribution in [-0.4, -0.2) is 24.6 Å². The average Bonchev–Trinajstić information content (AvgIpc) is 2.95. The molecule has 0 spiro atoms. The fraction of sp³-hybridized carbons (Fsp3) is 0.286. The zero-order chi connectivity index (χ0) is 14.3. The Morgan fingerprint density at radius 2 is 2.25 bits per heavy atom. The molecule has 5 nitrogen and oxygen atoms in total. The van der Waals surface area contributed by atoms with Crippen LogP contribution in [0.2, 0.25) is 5.02 Å². The number of carbonyl (C=O) groups is 2. The van der Waals surface area contributed by atoms with Crippen LogP contribution in [0.15, 0.2) is 22.6 Å². The third-order valence-corrected chi connectivity index (χ3v) is 3.46. The van der Waals surface area contributed by atoms with Crippen molar-refractivity contribution in [3.63, 3.8) is 0 Å². The first kappa shape index (κ1) is 13.0. The minimum atomic E-state index is -0.848. The van der Waals surface area contributed by atoms with Gasteiger partial charge in [-0.2, -0.15) is 0 Å². The number of cyclic esters (lactones) is 1. The Morgan fingerprint density at radius 3 is 2.95 bits per heavy atom. The van der Waals surface area contributed by atoms with E-state index in [0.717, 1.165) is 5.39 Å². The summed E-state index contributed by atoms with van der Waals surface area (Å²) in [4.78, 5) is 23.4. The maximum absolute atomic E-state index is 12.1. The molecule has 1 aliphatic rings. The zero-order valence-corrected chi connectivity index (χ0v) is 11.4. The SMILES string of the molecule is Cc1c(C(=O)O[C@H]2CCOC2=O)oc2ccc(Cl)cc12. The van der Waals surface area contributed by atoms with Gasteiger partial charge in [-0.25, -0.2) is 9.59 Å². The van der Waals surface area contributed by atoms with Crippen LogP contribution in [0, 0.1) is 6.92 Å². The number of carbonyl (C=O) groups excluding carboxylic acids is 2. The lowest BCUT2D eigenvalue weighted by Gasteiger charge is -2.06. The van der Waals surface area contributed by atoms with Crippen molar-refractivity contribution >= 4 is 34.5 Å². The number of halogens is 1. The number of benzene rings is 1. The van der Waals surface area contributed by atoms with Crippen LogP contribution in [0.3, 0.4) is 0 Å². The second-order valence-corrected chi connectivity index (χ2v) is 4.98. The third-order valence-electron chi connectivity index (χ3n) is 3.22. The minimum Gasteiger partial charge on any atom is -0.463 e. The topological polar surface area (TPSA) is 65.7 Å². The second-order valence-electron chi connectivity index (χ2n) is 4.55. The molecule has 0 saturated carbocycles. The Labute approximate surface area is 119 Å². The van der Waals surface area contributed by atoms with Gasteiger partial charge in [0.2, 0.25) is 11.9 Å². The van der Waals surface area contributed by atoms with Gasteiger partial charge in [-0.05, 0) is 25.1 Å². The van der Waals surface area contributed by atoms with Crippen molar-refractivity contribution in [3.8, 4) is 0 Å². The number of ether oxygens (including phenoxy) is 2. The summed E-state index contributed by atoms with van der Waals surface area (Å²) in [7, 11) is 0. The first-order chi connectivity index (χ1) is 9.56. The van der Waals surface area contributed by atoms with Crippen molar-refractivity contribution in [2.75, 3.05) is 6.61 Å². The van der Waals surface area contributed by atoms with E-state index < -0.39 is 18.0 Å². The standard InChI is InChI=1S/C14H11ClO5/c1-7-9-6-8(15)2-3-10(9)19-12(7)14(17)20-11-4-5-18-13(11)16/h2-3,6,11H,4-5H2,1H3/t11-/m0/s1. The van der Waals surface area contributed by atoms with Gasteiger partial charge in [-0.15, -0.1) is 0 Å². The third kappa shape index (κ3) is 2.14. The summed E-state index contributed by atoms with van der Waals surface area (Å²) in [6.45, 7) is 2.01. The number of hydrogen-bond acceptors (Lipinski definition) is 5. The molecule has 20 heavy (non-hydrogen) atoms. The van der Waals surface area contributed by atoms with Gasteiger partial charge in [0.1, 0.15) is 5.58 Å². The lowest BCUT2D eigenvalue weighted by atomic mass is 10.1. The van der Waals surface area contributed by atoms with Gasteiger partial charge < -0.3 is 13.9 Å². The molecule has 1 fully saturated rings. The van der Waals surface area contributed by atoms with Crippen LogP contribution >= 0.6 is 11.6 Å². The number of aryl methyl sites for hydroxylation is 1. The Bertz CT molecular complexity index is 703. The molecule has 1 aromatic heterocycles. The lowest BCUT2D eigenvalue weighted by molar-refractivity contribution is -0.145. The van der Waals surface area contributed by atoms with E-state index in [1.165, 1.54) is 0 Å². The highest BCUT2D eigenvalue weighted by molar-refractivity contribution is 6.31. The molecule has 0 unspecified atom stereocenters. The van der Waals surface area contributed by atoms with Gasteiger partial charge in [0, 0.05) is 22.4 Å². The fourth-order valence-corrected chi connectivity index (χ4v) is 2.33. The van der Waals surface area contributed by atoms with Gasteiger partial charge in [-0.1, -0.05) is 11.6 Å². The first-order valence-electron chi connectivity index (χ1n) is 6.12. The van der Waals surface area contributed by atoms with E-state index in [-0.39, 0.29) is 12.4 Å². The predicted octanol–water partition coefficient (Wildman–Crippen LogP) is 2.87. The molecular weight excluding hydrogens is 284 g/mol. The number of rotatable bonds is 2. The van der Waals surface area contributed by atoms with E-state index in [9.17, 15) is 9.59 Å². The molecule has 0 amide bonds. The Morgan fingerprint density at radius 1 is 1.45 bits per heavy atom. The van der Waals surface area contributed by atoms with Crippen molar-refractivity contribution in [3.05, 3.63) is 34.5 Å². The van der Waals surface area contributed by atoms with Gasteiger partial charge >= 0.3 is 11.9 Å². The van der Waals surface area contributed by atoms with E-state index in [1.54, 1.807) is 25.1 Å². The van der Waals surface area contributed by atoms with E-state index in [0.29, 0.717) is 22.6 Å². The molecule has 2 heterocycles. The molecular formula is C14H11ClO5. The van der Waals surface area contributed by atoms with Crippen LogP contribution in [0.5, 0.6) is 0 Å². The zero-order valence-electron chi connectivity index (χ0n) is 10.6. The predicted molar refractivity (Wildman–Crippen MR) is 70.7 cm³/mol. The maximum Gasteiger partial charge on any atom is 0.375 e. The molecule has 104 valence electrons. The lowest BCUT2D eigenvalue weighted by Crippen LogP contribution is -2.22. The maximum atomic E-state index is 12.1. The highest BCUT2D eigenvalue weighted by atomic mass is 35.5. The fourth-order valence-electron chi connectivity index (χ4n) is 2.15. The van der Waals surface area contributed by atoms with Crippen LogP contribution < -0.4 is 0 Å². The number of esters is 2. The van der Waals surface area contributed by atoms with Crippen molar-refractivity contribution < 1.29 is 23.5 Å². The summed E-state index contributed by atoms with van der Waals surface area (Å²) >= 11 is 5.92. The second kappa shape index (κ2) is 4.83. The van der Waals surface area contributed by atoms with E-state index in [4.69, 9.17) is 25.5 Å². The van der Waals surface area contributed by atoms with Gasteiger partial charge in [-0.3, -0.25) is 0 Å². The average molecular weight is 295 g/mol. The first-order valence-corrected chi connectivity index (χ1v) is 6.50. The number of hydrogen-bond donors (Lipinski definition) is 0. The summed E-state index contributed by atoms with van der Waals surface area (Å²) < 4.78 is 15.3. The number of furan rings is 1. The molecule has 0 bridgehead atoms. The monoisotopic (exact) mass is 294 g/mol. The van der Waals surface area contributed by atoms with Crippen LogP contribution in [0.4, 0.5) is 0 Å². The van der Waals surface area contributed by atoms with Crippen molar-refractivity contribution in [2.24, 2.45) is 0 Å². The molecule has 6 heteroatoms. The highest BCUT2D eigenvalue weighted by Crippen LogP contribution is 2.28. The molecule has 1 aromatic carbocycles. The smallest absolute Gasteiger partial charge is 0.375 e. The summed E-state index contributed by atoms with van der Waals surface area (Å²) in [6, 6.07) is 5.08. The van der Waals surface area contributed by atoms with Crippen LogP contribution in [0.25, 0.3) is 11.0 Å². The Hall–Kier alpha value is -2.01. The van der Waals surface area contributed by atoms with Crippen molar-refractivity contribution in [1.29, 1.82) is 0 Å². The molecule has 2 aromatic rings. The van der Waals surface area contributed by atoms with E-state index >= 15 is 0 Å². The van der Waals surface area contributed by atoms with Gasteiger partial charge in [0.25, 0.3) is 0 Å². The summed E-state index contributed by atoms with van der Waals surface area (Å²) in [5.74, 6) is -1.10. The summed E-state index contributed by atoms with van der Waals surface area (Å²) in [5.41, 5.74) is 1.19. The Balaban J connectivity index is 1.91. The van der Waals surface area contributed by atoms with Crippen molar-refractivity contribution in [1.82, 2.24) is 0 Å². The minimum absolute atomic E-state index is 0.0852.